The van der Waals surface area contributed by atoms with Crippen LogP contribution in [0.1, 0.15) is 11.3 Å². The van der Waals surface area contributed by atoms with Crippen molar-refractivity contribution < 1.29 is 22.3 Å². The SMILES string of the molecule is C#CCNC(=O)OCc1[nH]c2c(F)cc(Br)cc2c1CCNS(=O)(=O)c1ccc(Cl)cc1. The summed E-state index contributed by atoms with van der Waals surface area (Å²) in [5.74, 6) is 1.76. The number of carbonyl (C=O) groups is 1. The van der Waals surface area contributed by atoms with Crippen LogP contribution in [-0.2, 0) is 27.8 Å². The zero-order chi connectivity index (χ0) is 23.3. The van der Waals surface area contributed by atoms with Gasteiger partial charge in [-0.25, -0.2) is 22.3 Å². The Morgan fingerprint density at radius 3 is 2.69 bits per heavy atom. The average molecular weight is 543 g/mol. The maximum atomic E-state index is 14.4. The van der Waals surface area contributed by atoms with E-state index < -0.39 is 21.9 Å². The molecule has 0 aliphatic carbocycles. The number of sulfonamides is 1. The third-order valence-electron chi connectivity index (χ3n) is 4.49. The number of ether oxygens (including phenoxy) is 1. The molecular weight excluding hydrogens is 525 g/mol. The highest BCUT2D eigenvalue weighted by molar-refractivity contribution is 9.10. The molecule has 3 rings (SSSR count). The molecule has 1 aromatic heterocycles. The van der Waals surface area contributed by atoms with Crippen molar-refractivity contribution in [3.63, 3.8) is 0 Å². The molecule has 2 aromatic carbocycles. The van der Waals surface area contributed by atoms with Crippen LogP contribution in [0, 0.1) is 18.2 Å². The van der Waals surface area contributed by atoms with Crippen LogP contribution >= 0.6 is 27.5 Å². The second-order valence-corrected chi connectivity index (χ2v) is 9.75. The number of hydrogen-bond acceptors (Lipinski definition) is 4. The maximum absolute atomic E-state index is 14.4. The quantitative estimate of drug-likeness (QED) is 0.373. The van der Waals surface area contributed by atoms with Crippen LogP contribution in [0.2, 0.25) is 5.02 Å². The largest absolute Gasteiger partial charge is 0.443 e. The van der Waals surface area contributed by atoms with Gasteiger partial charge in [-0.15, -0.1) is 6.42 Å². The number of H-pyrrole nitrogens is 1. The molecule has 1 amide bonds. The summed E-state index contributed by atoms with van der Waals surface area (Å²) in [7, 11) is -3.77. The number of terminal acetylenes is 1. The van der Waals surface area contributed by atoms with E-state index in [9.17, 15) is 17.6 Å². The van der Waals surface area contributed by atoms with Crippen LogP contribution in [0.5, 0.6) is 0 Å². The molecule has 168 valence electrons. The average Bonchev–Trinajstić information content (AvgIpc) is 3.09. The van der Waals surface area contributed by atoms with Crippen LogP contribution in [0.4, 0.5) is 9.18 Å². The van der Waals surface area contributed by atoms with Crippen molar-refractivity contribution in [2.24, 2.45) is 0 Å². The first-order valence-corrected chi connectivity index (χ1v) is 11.9. The molecular formula is C21H18BrClFN3O4S. The number of hydrogen-bond donors (Lipinski definition) is 3. The van der Waals surface area contributed by atoms with Gasteiger partial charge in [-0.1, -0.05) is 33.5 Å². The highest BCUT2D eigenvalue weighted by Crippen LogP contribution is 2.29. The number of benzene rings is 2. The van der Waals surface area contributed by atoms with Crippen LogP contribution in [0.25, 0.3) is 10.9 Å². The lowest BCUT2D eigenvalue weighted by Gasteiger charge is -2.09. The smallest absolute Gasteiger partial charge is 0.408 e. The van der Waals surface area contributed by atoms with Crippen molar-refractivity contribution in [3.8, 4) is 12.3 Å². The number of fused-ring (bicyclic) bond motifs is 1. The Hall–Kier alpha value is -2.58. The van der Waals surface area contributed by atoms with E-state index in [1.54, 1.807) is 6.07 Å². The number of nitrogens with one attached hydrogen (secondary N) is 3. The Morgan fingerprint density at radius 1 is 1.28 bits per heavy atom. The summed E-state index contributed by atoms with van der Waals surface area (Å²) in [6, 6.07) is 8.78. The second-order valence-electron chi connectivity index (χ2n) is 6.63. The van der Waals surface area contributed by atoms with E-state index in [2.05, 4.69) is 36.9 Å². The van der Waals surface area contributed by atoms with Gasteiger partial charge in [0.15, 0.2) is 0 Å². The predicted octanol–water partition coefficient (Wildman–Crippen LogP) is 4.10. The van der Waals surface area contributed by atoms with E-state index in [1.165, 1.54) is 30.3 Å². The fourth-order valence-corrected chi connectivity index (χ4v) is 4.64. The number of alkyl carbamates (subject to hydrolysis) is 1. The fourth-order valence-electron chi connectivity index (χ4n) is 3.06. The van der Waals surface area contributed by atoms with Gasteiger partial charge in [0.2, 0.25) is 10.0 Å². The van der Waals surface area contributed by atoms with Crippen LogP contribution < -0.4 is 10.0 Å². The van der Waals surface area contributed by atoms with Gasteiger partial charge in [0.05, 0.1) is 22.7 Å². The molecule has 0 spiro atoms. The molecule has 32 heavy (non-hydrogen) atoms. The summed E-state index contributed by atoms with van der Waals surface area (Å²) in [6.07, 6.45) is 4.59. The van der Waals surface area contributed by atoms with Gasteiger partial charge in [0.1, 0.15) is 12.4 Å². The molecule has 0 saturated heterocycles. The molecule has 0 radical (unpaired) electrons. The Bertz CT molecular complexity index is 1290. The first-order chi connectivity index (χ1) is 15.2. The van der Waals surface area contributed by atoms with Crippen molar-refractivity contribution in [1.29, 1.82) is 0 Å². The van der Waals surface area contributed by atoms with Gasteiger partial charge < -0.3 is 15.0 Å². The summed E-state index contributed by atoms with van der Waals surface area (Å²) >= 11 is 9.07. The van der Waals surface area contributed by atoms with E-state index in [0.29, 0.717) is 26.1 Å². The molecule has 3 N–H and O–H groups in total. The van der Waals surface area contributed by atoms with Crippen molar-refractivity contribution >= 4 is 54.6 Å². The Morgan fingerprint density at radius 2 is 2.00 bits per heavy atom. The number of aromatic amines is 1. The lowest BCUT2D eigenvalue weighted by atomic mass is 10.1. The van der Waals surface area contributed by atoms with Crippen molar-refractivity contribution in [3.05, 3.63) is 63.0 Å². The predicted molar refractivity (Wildman–Crippen MR) is 123 cm³/mol. The first kappa shape index (κ1) is 24.1. The molecule has 7 nitrogen and oxygen atoms in total. The Labute approximate surface area is 197 Å². The number of carbonyl (C=O) groups excluding carboxylic acids is 1. The normalized spacial score (nSPS) is 11.3. The van der Waals surface area contributed by atoms with Crippen molar-refractivity contribution in [2.45, 2.75) is 17.9 Å². The van der Waals surface area contributed by atoms with E-state index in [1.807, 2.05) is 0 Å². The summed E-state index contributed by atoms with van der Waals surface area (Å²) in [4.78, 5) is 14.7. The first-order valence-electron chi connectivity index (χ1n) is 9.29. The van der Waals surface area contributed by atoms with Crippen LogP contribution in [0.15, 0.2) is 45.8 Å². The van der Waals surface area contributed by atoms with E-state index in [-0.39, 0.29) is 36.5 Å². The van der Waals surface area contributed by atoms with Gasteiger partial charge in [-0.3, -0.25) is 0 Å². The third-order valence-corrected chi connectivity index (χ3v) is 6.68. The molecule has 0 atom stereocenters. The topological polar surface area (TPSA) is 100 Å². The number of amides is 1. The van der Waals surface area contributed by atoms with Crippen molar-refractivity contribution in [2.75, 3.05) is 13.1 Å². The maximum Gasteiger partial charge on any atom is 0.408 e. The minimum atomic E-state index is -3.77. The highest BCUT2D eigenvalue weighted by atomic mass is 79.9. The number of halogens is 3. The highest BCUT2D eigenvalue weighted by Gasteiger charge is 2.18. The Kier molecular flexibility index (Phi) is 7.79. The van der Waals surface area contributed by atoms with Gasteiger partial charge in [-0.05, 0) is 48.4 Å². The minimum Gasteiger partial charge on any atom is -0.443 e. The minimum absolute atomic E-state index is 0.00639. The van der Waals surface area contributed by atoms with Gasteiger partial charge in [0.25, 0.3) is 0 Å². The van der Waals surface area contributed by atoms with Gasteiger partial charge in [0, 0.05) is 21.4 Å². The molecule has 0 fully saturated rings. The monoisotopic (exact) mass is 541 g/mol. The molecule has 0 bridgehead atoms. The summed E-state index contributed by atoms with van der Waals surface area (Å²) in [5.41, 5.74) is 1.29. The van der Waals surface area contributed by atoms with Crippen LogP contribution in [0.3, 0.4) is 0 Å². The third kappa shape index (κ3) is 5.81. The zero-order valence-electron chi connectivity index (χ0n) is 16.5. The molecule has 0 aliphatic heterocycles. The summed E-state index contributed by atoms with van der Waals surface area (Å²) < 4.78 is 47.7. The lowest BCUT2D eigenvalue weighted by Crippen LogP contribution is -2.26. The molecule has 0 aliphatic rings. The standard InChI is InChI=1S/C21H18BrClFN3O4S/c1-2-8-25-21(28)31-12-19-16(17-10-13(22)11-18(24)20(17)27-19)7-9-26-32(29,30)15-5-3-14(23)4-6-15/h1,3-6,10-11,26-27H,7-9,12H2,(H,25,28). The lowest BCUT2D eigenvalue weighted by molar-refractivity contribution is 0.139. The summed E-state index contributed by atoms with van der Waals surface area (Å²) in [5, 5.41) is 3.34. The van der Waals surface area contributed by atoms with Gasteiger partial charge in [-0.2, -0.15) is 0 Å². The molecule has 0 saturated carbocycles. The number of rotatable bonds is 8. The van der Waals surface area contributed by atoms with E-state index in [4.69, 9.17) is 22.8 Å². The van der Waals surface area contributed by atoms with Gasteiger partial charge >= 0.3 is 6.09 Å². The van der Waals surface area contributed by atoms with E-state index in [0.717, 1.165) is 0 Å². The molecule has 0 unspecified atom stereocenters. The van der Waals surface area contributed by atoms with E-state index >= 15 is 0 Å². The fraction of sp³-hybridized carbons (Fsp3) is 0.190. The molecule has 1 heterocycles. The number of aromatic nitrogens is 1. The second kappa shape index (κ2) is 10.4. The zero-order valence-corrected chi connectivity index (χ0v) is 19.7. The Balaban J connectivity index is 1.81. The molecule has 3 aromatic rings. The van der Waals surface area contributed by atoms with Crippen molar-refractivity contribution in [1.82, 2.24) is 15.0 Å². The van der Waals surface area contributed by atoms with Crippen LogP contribution in [-0.4, -0.2) is 32.6 Å². The molecule has 11 heteroatoms. The summed E-state index contributed by atoms with van der Waals surface area (Å²) in [6.45, 7) is -0.143.